The highest BCUT2D eigenvalue weighted by molar-refractivity contribution is 7.82. The van der Waals surface area contributed by atoms with Gasteiger partial charge >= 0.3 is 0 Å². The van der Waals surface area contributed by atoms with Crippen molar-refractivity contribution in [3.8, 4) is 0 Å². The Balaban J connectivity index is 0.000000124. The first-order valence-electron chi connectivity index (χ1n) is 4.23. The van der Waals surface area contributed by atoms with Crippen LogP contribution in [0.15, 0.2) is 45.7 Å². The molecule has 5 heteroatoms. The highest BCUT2D eigenvalue weighted by Crippen LogP contribution is 2.15. The Morgan fingerprint density at radius 1 is 1.07 bits per heavy atom. The molecule has 0 fully saturated rings. The monoisotopic (exact) mass is 252 g/mol. The average molecular weight is 252 g/mol. The van der Waals surface area contributed by atoms with Crippen LogP contribution in [-0.2, 0) is 0 Å². The van der Waals surface area contributed by atoms with Gasteiger partial charge < -0.3 is 0 Å². The van der Waals surface area contributed by atoms with Crippen LogP contribution >= 0.6 is 35.3 Å². The van der Waals surface area contributed by atoms with Gasteiger partial charge in [0, 0.05) is 11.6 Å². The quantitative estimate of drug-likeness (QED) is 0.617. The molecule has 0 radical (unpaired) electrons. The molecule has 0 N–H and O–H groups in total. The van der Waals surface area contributed by atoms with Crippen LogP contribution in [0.2, 0.25) is 0 Å². The van der Waals surface area contributed by atoms with Crippen LogP contribution in [0.25, 0.3) is 10.2 Å². The molecule has 0 spiro atoms. The fourth-order valence-corrected chi connectivity index (χ4v) is 2.31. The first-order valence-corrected chi connectivity index (χ1v) is 6.43. The molecule has 2 aromatic heterocycles. The molecule has 15 heavy (non-hydrogen) atoms. The van der Waals surface area contributed by atoms with E-state index in [1.54, 1.807) is 17.5 Å². The number of hydrogen-bond donors (Lipinski definition) is 1. The molecule has 0 saturated carbocycles. The van der Waals surface area contributed by atoms with Crippen molar-refractivity contribution >= 4 is 45.5 Å². The van der Waals surface area contributed by atoms with Gasteiger partial charge in [-0.25, -0.2) is 9.97 Å². The summed E-state index contributed by atoms with van der Waals surface area (Å²) in [6, 6.07) is 8.13. The fraction of sp³-hybridized carbons (Fsp3) is 0. The smallest absolute Gasteiger partial charge is 0.146 e. The van der Waals surface area contributed by atoms with Gasteiger partial charge in [0.25, 0.3) is 0 Å². The number of aromatic nitrogens is 2. The van der Waals surface area contributed by atoms with Crippen LogP contribution in [0.4, 0.5) is 0 Å². The van der Waals surface area contributed by atoms with Crippen LogP contribution in [0.5, 0.6) is 0 Å². The third kappa shape index (κ3) is 3.02. The number of hydrogen-bond acceptors (Lipinski definition) is 5. The van der Waals surface area contributed by atoms with E-state index in [0.29, 0.717) is 0 Å². The maximum absolute atomic E-state index is 4.14. The molecule has 3 aromatic rings. The average Bonchev–Trinajstić information content (AvgIpc) is 2.88. The minimum atomic E-state index is 0.829. The normalized spacial score (nSPS) is 9.67. The van der Waals surface area contributed by atoms with Crippen molar-refractivity contribution in [1.82, 2.24) is 9.97 Å². The molecule has 0 unspecified atom stereocenters. The topological polar surface area (TPSA) is 25.8 Å². The maximum atomic E-state index is 4.14. The molecule has 0 aliphatic heterocycles. The zero-order chi connectivity index (χ0) is 10.5. The molecule has 0 amide bonds. The van der Waals surface area contributed by atoms with Gasteiger partial charge in [0.15, 0.2) is 0 Å². The SMILES string of the molecule is Sc1nccs1.c1ccc2scnc2c1. The number of rotatable bonds is 0. The Bertz CT molecular complexity index is 486. The van der Waals surface area contributed by atoms with Crippen molar-refractivity contribution in [1.29, 1.82) is 0 Å². The number of para-hydroxylation sites is 1. The molecule has 0 aliphatic carbocycles. The summed E-state index contributed by atoms with van der Waals surface area (Å²) in [4.78, 5) is 7.94. The second-order valence-electron chi connectivity index (χ2n) is 2.63. The lowest BCUT2D eigenvalue weighted by Crippen LogP contribution is -1.61. The number of thiazole rings is 2. The Morgan fingerprint density at radius 2 is 1.93 bits per heavy atom. The van der Waals surface area contributed by atoms with E-state index in [4.69, 9.17) is 0 Å². The van der Waals surface area contributed by atoms with Crippen molar-refractivity contribution in [2.45, 2.75) is 4.34 Å². The minimum absolute atomic E-state index is 0.829. The second kappa shape index (κ2) is 5.25. The summed E-state index contributed by atoms with van der Waals surface area (Å²) in [5.41, 5.74) is 2.97. The molecule has 2 nitrogen and oxygen atoms in total. The van der Waals surface area contributed by atoms with E-state index in [1.807, 2.05) is 29.1 Å². The van der Waals surface area contributed by atoms with E-state index in [0.717, 1.165) is 9.86 Å². The van der Waals surface area contributed by atoms with Crippen molar-refractivity contribution in [2.24, 2.45) is 0 Å². The standard InChI is InChI=1S/C7H5NS.C3H3NS2/c1-2-4-7-6(3-1)8-5-9-7;5-3-4-1-2-6-3/h1-5H;1-2H,(H,4,5). The molecule has 3 rings (SSSR count). The molecule has 0 atom stereocenters. The Labute approximate surface area is 101 Å². The predicted octanol–water partition coefficient (Wildman–Crippen LogP) is 3.73. The van der Waals surface area contributed by atoms with Crippen molar-refractivity contribution in [3.05, 3.63) is 41.4 Å². The lowest BCUT2D eigenvalue weighted by Gasteiger charge is -1.80. The van der Waals surface area contributed by atoms with E-state index in [2.05, 4.69) is 28.7 Å². The number of fused-ring (bicyclic) bond motifs is 1. The Kier molecular flexibility index (Phi) is 3.71. The zero-order valence-electron chi connectivity index (χ0n) is 7.70. The number of benzene rings is 1. The van der Waals surface area contributed by atoms with Crippen LogP contribution in [-0.4, -0.2) is 9.97 Å². The maximum Gasteiger partial charge on any atom is 0.146 e. The third-order valence-electron chi connectivity index (χ3n) is 1.66. The van der Waals surface area contributed by atoms with Gasteiger partial charge in [0.1, 0.15) is 4.34 Å². The molecule has 0 saturated heterocycles. The van der Waals surface area contributed by atoms with Crippen LogP contribution < -0.4 is 0 Å². The van der Waals surface area contributed by atoms with E-state index >= 15 is 0 Å². The van der Waals surface area contributed by atoms with Gasteiger partial charge in [0.2, 0.25) is 0 Å². The molecule has 76 valence electrons. The van der Waals surface area contributed by atoms with E-state index < -0.39 is 0 Å². The van der Waals surface area contributed by atoms with Gasteiger partial charge in [-0.3, -0.25) is 0 Å². The molecule has 0 aliphatic rings. The molecular weight excluding hydrogens is 244 g/mol. The lowest BCUT2D eigenvalue weighted by atomic mass is 10.3. The predicted molar refractivity (Wildman–Crippen MR) is 69.0 cm³/mol. The third-order valence-corrected chi connectivity index (χ3v) is 3.47. The van der Waals surface area contributed by atoms with E-state index in [9.17, 15) is 0 Å². The first kappa shape index (κ1) is 10.6. The second-order valence-corrected chi connectivity index (χ2v) is 5.14. The summed E-state index contributed by atoms with van der Waals surface area (Å²) in [5.74, 6) is 0. The largest absolute Gasteiger partial charge is 0.245 e. The summed E-state index contributed by atoms with van der Waals surface area (Å²) in [6.45, 7) is 0. The minimum Gasteiger partial charge on any atom is -0.245 e. The van der Waals surface area contributed by atoms with Crippen molar-refractivity contribution in [3.63, 3.8) is 0 Å². The van der Waals surface area contributed by atoms with E-state index in [1.165, 1.54) is 16.0 Å². The van der Waals surface area contributed by atoms with E-state index in [-0.39, 0.29) is 0 Å². The van der Waals surface area contributed by atoms with Crippen molar-refractivity contribution < 1.29 is 0 Å². The highest BCUT2D eigenvalue weighted by atomic mass is 32.2. The lowest BCUT2D eigenvalue weighted by molar-refractivity contribution is 1.26. The van der Waals surface area contributed by atoms with Gasteiger partial charge in [-0.15, -0.1) is 35.3 Å². The first-order chi connectivity index (χ1) is 7.36. The number of nitrogens with zero attached hydrogens (tertiary/aromatic N) is 2. The fourth-order valence-electron chi connectivity index (χ4n) is 1.02. The van der Waals surface area contributed by atoms with Gasteiger partial charge in [-0.05, 0) is 12.1 Å². The summed E-state index contributed by atoms with van der Waals surface area (Å²) in [7, 11) is 0. The molecule has 2 heterocycles. The summed E-state index contributed by atoms with van der Waals surface area (Å²) < 4.78 is 2.09. The summed E-state index contributed by atoms with van der Waals surface area (Å²) in [5, 5.41) is 1.89. The molecular formula is C10H8N2S3. The number of thiol groups is 1. The van der Waals surface area contributed by atoms with Gasteiger partial charge in [0.05, 0.1) is 15.7 Å². The van der Waals surface area contributed by atoms with Gasteiger partial charge in [-0.1, -0.05) is 12.1 Å². The van der Waals surface area contributed by atoms with Crippen LogP contribution in [0, 0.1) is 0 Å². The summed E-state index contributed by atoms with van der Waals surface area (Å²) >= 11 is 7.15. The van der Waals surface area contributed by atoms with Crippen molar-refractivity contribution in [2.75, 3.05) is 0 Å². The van der Waals surface area contributed by atoms with Crippen LogP contribution in [0.3, 0.4) is 0 Å². The van der Waals surface area contributed by atoms with Crippen LogP contribution in [0.1, 0.15) is 0 Å². The Hall–Kier alpha value is -0.910. The zero-order valence-corrected chi connectivity index (χ0v) is 10.2. The highest BCUT2D eigenvalue weighted by Gasteiger charge is 1.89. The Morgan fingerprint density at radius 3 is 2.53 bits per heavy atom. The molecule has 0 bridgehead atoms. The van der Waals surface area contributed by atoms with Gasteiger partial charge in [-0.2, -0.15) is 0 Å². The summed E-state index contributed by atoms with van der Waals surface area (Å²) in [6.07, 6.45) is 1.73. The molecule has 1 aromatic carbocycles.